The monoisotopic (exact) mass is 489 g/mol. The minimum absolute atomic E-state index is 0.244. The van der Waals surface area contributed by atoms with Crippen LogP contribution in [0.2, 0.25) is 15.1 Å². The lowest BCUT2D eigenvalue weighted by molar-refractivity contribution is -0.123. The van der Waals surface area contributed by atoms with E-state index in [1.165, 1.54) is 6.21 Å². The normalized spacial score (nSPS) is 10.8. The first-order chi connectivity index (χ1) is 15.3. The van der Waals surface area contributed by atoms with Crippen LogP contribution in [0.1, 0.15) is 21.5 Å². The van der Waals surface area contributed by atoms with E-state index < -0.39 is 5.91 Å². The Kier molecular flexibility index (Phi) is 8.11. The van der Waals surface area contributed by atoms with Gasteiger partial charge in [0.05, 0.1) is 16.3 Å². The fourth-order valence-corrected chi connectivity index (χ4v) is 3.07. The highest BCUT2D eigenvalue weighted by Crippen LogP contribution is 2.24. The number of rotatable bonds is 7. The van der Waals surface area contributed by atoms with E-state index >= 15 is 0 Å². The van der Waals surface area contributed by atoms with E-state index in [1.807, 2.05) is 6.92 Å². The van der Waals surface area contributed by atoms with Gasteiger partial charge in [-0.1, -0.05) is 46.9 Å². The van der Waals surface area contributed by atoms with Crippen LogP contribution in [0.5, 0.6) is 5.75 Å². The predicted octanol–water partition coefficient (Wildman–Crippen LogP) is 5.74. The third kappa shape index (κ3) is 6.47. The fraction of sp³-hybridized carbons (Fsp3) is 0.0870. The molecular formula is C23H18Cl3N3O3. The number of anilines is 1. The third-order valence-electron chi connectivity index (χ3n) is 4.35. The van der Waals surface area contributed by atoms with Crippen molar-refractivity contribution >= 4 is 58.5 Å². The van der Waals surface area contributed by atoms with Crippen molar-refractivity contribution in [2.45, 2.75) is 6.92 Å². The van der Waals surface area contributed by atoms with Gasteiger partial charge in [-0.2, -0.15) is 5.10 Å². The molecule has 6 nitrogen and oxygen atoms in total. The molecular weight excluding hydrogens is 473 g/mol. The van der Waals surface area contributed by atoms with Gasteiger partial charge in [-0.05, 0) is 66.6 Å². The molecule has 0 aliphatic carbocycles. The van der Waals surface area contributed by atoms with Crippen molar-refractivity contribution in [2.75, 3.05) is 11.9 Å². The summed E-state index contributed by atoms with van der Waals surface area (Å²) in [4.78, 5) is 24.3. The maximum atomic E-state index is 12.4. The molecule has 32 heavy (non-hydrogen) atoms. The van der Waals surface area contributed by atoms with Crippen LogP contribution in [-0.4, -0.2) is 24.6 Å². The number of hydrogen-bond donors (Lipinski definition) is 2. The van der Waals surface area contributed by atoms with E-state index in [1.54, 1.807) is 60.7 Å². The third-order valence-corrected chi connectivity index (χ3v) is 5.50. The van der Waals surface area contributed by atoms with Gasteiger partial charge >= 0.3 is 0 Å². The van der Waals surface area contributed by atoms with Gasteiger partial charge in [0.15, 0.2) is 6.61 Å². The second kappa shape index (κ2) is 11.0. The van der Waals surface area contributed by atoms with Crippen molar-refractivity contribution in [3.8, 4) is 5.75 Å². The molecule has 0 atom stereocenters. The predicted molar refractivity (Wildman–Crippen MR) is 128 cm³/mol. The van der Waals surface area contributed by atoms with Crippen LogP contribution in [0.3, 0.4) is 0 Å². The van der Waals surface area contributed by atoms with Crippen molar-refractivity contribution in [2.24, 2.45) is 5.10 Å². The standard InChI is InChI=1S/C23H18Cl3N3O3/c1-14-18(24)3-2-4-21(14)28-23(31)16-6-8-17(9-7-16)32-13-22(30)29-27-12-15-5-10-19(25)20(26)11-15/h2-12H,13H2,1H3,(H,28,31)(H,29,30)/b27-12-. The van der Waals surface area contributed by atoms with Crippen LogP contribution in [0.15, 0.2) is 65.8 Å². The number of ether oxygens (including phenoxy) is 1. The van der Waals surface area contributed by atoms with E-state index in [2.05, 4.69) is 15.8 Å². The lowest BCUT2D eigenvalue weighted by Gasteiger charge is -2.10. The zero-order valence-corrected chi connectivity index (χ0v) is 19.1. The van der Waals surface area contributed by atoms with Gasteiger partial charge in [-0.3, -0.25) is 9.59 Å². The average Bonchev–Trinajstić information content (AvgIpc) is 2.78. The summed E-state index contributed by atoms with van der Waals surface area (Å²) >= 11 is 17.9. The van der Waals surface area contributed by atoms with Gasteiger partial charge in [0, 0.05) is 16.3 Å². The van der Waals surface area contributed by atoms with E-state index in [4.69, 9.17) is 39.5 Å². The Bertz CT molecular complexity index is 1160. The highest BCUT2D eigenvalue weighted by Gasteiger charge is 2.10. The molecule has 0 unspecified atom stereocenters. The maximum absolute atomic E-state index is 12.4. The molecule has 2 amide bonds. The number of nitrogens with zero attached hydrogens (tertiary/aromatic N) is 1. The van der Waals surface area contributed by atoms with E-state index in [0.717, 1.165) is 5.56 Å². The molecule has 0 saturated carbocycles. The molecule has 2 N–H and O–H groups in total. The SMILES string of the molecule is Cc1c(Cl)cccc1NC(=O)c1ccc(OCC(=O)N/N=C\c2ccc(Cl)c(Cl)c2)cc1. The van der Waals surface area contributed by atoms with E-state index in [-0.39, 0.29) is 12.5 Å². The quantitative estimate of drug-likeness (QED) is 0.327. The van der Waals surface area contributed by atoms with E-state index in [0.29, 0.717) is 37.6 Å². The molecule has 0 fully saturated rings. The molecule has 0 heterocycles. The Morgan fingerprint density at radius 2 is 1.72 bits per heavy atom. The lowest BCUT2D eigenvalue weighted by atomic mass is 10.1. The number of amides is 2. The summed E-state index contributed by atoms with van der Waals surface area (Å²) in [5, 5.41) is 8.07. The van der Waals surface area contributed by atoms with Gasteiger partial charge in [-0.25, -0.2) is 5.43 Å². The first-order valence-electron chi connectivity index (χ1n) is 9.40. The molecule has 0 aliphatic rings. The Morgan fingerprint density at radius 1 is 0.969 bits per heavy atom. The van der Waals surface area contributed by atoms with Gasteiger partial charge in [0.1, 0.15) is 5.75 Å². The van der Waals surface area contributed by atoms with Gasteiger partial charge in [0.25, 0.3) is 11.8 Å². The van der Waals surface area contributed by atoms with Crippen LogP contribution < -0.4 is 15.5 Å². The van der Waals surface area contributed by atoms with Crippen molar-refractivity contribution < 1.29 is 14.3 Å². The zero-order valence-electron chi connectivity index (χ0n) is 16.9. The van der Waals surface area contributed by atoms with Crippen LogP contribution in [0, 0.1) is 6.92 Å². The number of halogens is 3. The molecule has 164 valence electrons. The number of hydrazone groups is 1. The maximum Gasteiger partial charge on any atom is 0.277 e. The molecule has 3 aromatic rings. The molecule has 3 aromatic carbocycles. The van der Waals surface area contributed by atoms with Crippen LogP contribution >= 0.6 is 34.8 Å². The van der Waals surface area contributed by atoms with Gasteiger partial charge < -0.3 is 10.1 Å². The summed E-state index contributed by atoms with van der Waals surface area (Å²) in [5.41, 5.74) is 4.90. The van der Waals surface area contributed by atoms with E-state index in [9.17, 15) is 9.59 Å². The smallest absolute Gasteiger partial charge is 0.277 e. The molecule has 3 rings (SSSR count). The Balaban J connectivity index is 1.49. The summed E-state index contributed by atoms with van der Waals surface area (Å²) in [6, 6.07) is 16.7. The van der Waals surface area contributed by atoms with Gasteiger partial charge in [-0.15, -0.1) is 0 Å². The Morgan fingerprint density at radius 3 is 2.44 bits per heavy atom. The Labute approximate surface area is 200 Å². The summed E-state index contributed by atoms with van der Waals surface area (Å²) in [5.74, 6) is -0.292. The van der Waals surface area contributed by atoms with Crippen LogP contribution in [0.25, 0.3) is 0 Å². The number of benzene rings is 3. The minimum atomic E-state index is -0.445. The second-order valence-corrected chi connectivity index (χ2v) is 7.87. The van der Waals surface area contributed by atoms with Crippen molar-refractivity contribution in [3.05, 3.63) is 92.4 Å². The number of hydrogen-bond acceptors (Lipinski definition) is 4. The summed E-state index contributed by atoms with van der Waals surface area (Å²) < 4.78 is 5.42. The van der Waals surface area contributed by atoms with Crippen molar-refractivity contribution in [1.29, 1.82) is 0 Å². The minimum Gasteiger partial charge on any atom is -0.484 e. The highest BCUT2D eigenvalue weighted by molar-refractivity contribution is 6.42. The van der Waals surface area contributed by atoms with Crippen molar-refractivity contribution in [3.63, 3.8) is 0 Å². The summed E-state index contributed by atoms with van der Waals surface area (Å²) in [7, 11) is 0. The second-order valence-electron chi connectivity index (χ2n) is 6.65. The zero-order chi connectivity index (χ0) is 23.1. The van der Waals surface area contributed by atoms with Crippen LogP contribution in [0.4, 0.5) is 5.69 Å². The molecule has 0 aliphatic heterocycles. The fourth-order valence-electron chi connectivity index (χ4n) is 2.59. The first-order valence-corrected chi connectivity index (χ1v) is 10.5. The molecule has 0 bridgehead atoms. The number of nitrogens with one attached hydrogen (secondary N) is 2. The molecule has 0 spiro atoms. The summed E-state index contributed by atoms with van der Waals surface area (Å²) in [6.07, 6.45) is 1.44. The highest BCUT2D eigenvalue weighted by atomic mass is 35.5. The summed E-state index contributed by atoms with van der Waals surface area (Å²) in [6.45, 7) is 1.58. The Hall–Kier alpha value is -3.06. The average molecular weight is 491 g/mol. The molecule has 0 radical (unpaired) electrons. The molecule has 0 aromatic heterocycles. The molecule has 9 heteroatoms. The topological polar surface area (TPSA) is 79.8 Å². The van der Waals surface area contributed by atoms with Gasteiger partial charge in [0.2, 0.25) is 0 Å². The largest absolute Gasteiger partial charge is 0.484 e. The number of carbonyl (C=O) groups excluding carboxylic acids is 2. The van der Waals surface area contributed by atoms with Crippen molar-refractivity contribution in [1.82, 2.24) is 5.43 Å². The molecule has 0 saturated heterocycles. The first kappa shape index (κ1) is 23.6. The van der Waals surface area contributed by atoms with Crippen LogP contribution in [-0.2, 0) is 4.79 Å². The number of carbonyl (C=O) groups is 2. The lowest BCUT2D eigenvalue weighted by Crippen LogP contribution is -2.24.